The van der Waals surface area contributed by atoms with Gasteiger partial charge in [0, 0.05) is 0 Å². The molecular weight excluding hydrogens is 140 g/mol. The second-order valence-corrected chi connectivity index (χ2v) is 1.09. The molecule has 0 atom stereocenters. The lowest BCUT2D eigenvalue weighted by Crippen LogP contribution is -1.54. The summed E-state index contributed by atoms with van der Waals surface area (Å²) in [5.41, 5.74) is 0. The molecule has 0 radical (unpaired) electrons. The molecule has 0 aromatic rings. The molecule has 0 aromatic carbocycles. The van der Waals surface area contributed by atoms with Crippen LogP contribution < -0.4 is 0 Å². The highest BCUT2D eigenvalue weighted by Crippen LogP contribution is 1.88. The number of allylic oxidation sites excluding steroid dienone is 2. The third-order valence-electron chi connectivity index (χ3n) is 0.560. The monoisotopic (exact) mass is 144 g/mol. The van der Waals surface area contributed by atoms with Crippen molar-refractivity contribution in [2.45, 2.75) is 0 Å². The molecule has 0 amide bonds. The first-order valence-electron chi connectivity index (χ1n) is 2.12. The van der Waals surface area contributed by atoms with Gasteiger partial charge in [0.25, 0.3) is 0 Å². The van der Waals surface area contributed by atoms with Crippen molar-refractivity contribution in [1.29, 1.82) is 0 Å². The quantitative estimate of drug-likeness (QED) is 0.501. The topological polar surface area (TPSA) is 49.4 Å². The fourth-order valence-corrected chi connectivity index (χ4v) is 0.282. The maximum Gasteiger partial charge on any atom is 0.0515 e. The zero-order chi connectivity index (χ0) is 5.66. The summed E-state index contributed by atoms with van der Waals surface area (Å²) in [5, 5.41) is 13.5. The zero-order valence-corrected chi connectivity index (χ0v) is 5.32. The molecule has 0 saturated heterocycles. The molecule has 0 saturated carbocycles. The third kappa shape index (κ3) is 3.54. The molecule has 0 fully saturated rings. The van der Waals surface area contributed by atoms with E-state index in [0.717, 1.165) is 0 Å². The molecule has 48 valence electrons. The normalized spacial score (nSPS) is 28.4. The van der Waals surface area contributed by atoms with Gasteiger partial charge in [0.2, 0.25) is 0 Å². The molecule has 5 heteroatoms. The maximum atomic E-state index is 3.46. The van der Waals surface area contributed by atoms with E-state index in [4.69, 9.17) is 0 Å². The number of hydrogen-bond donors (Lipinski definition) is 0. The minimum atomic E-state index is 0. The predicted molar refractivity (Wildman–Crippen MR) is 35.2 cm³/mol. The molecule has 1 aliphatic heterocycles. The molecule has 0 N–H and O–H groups in total. The summed E-state index contributed by atoms with van der Waals surface area (Å²) in [6, 6.07) is 0. The molecule has 0 spiro atoms. The zero-order valence-electron chi connectivity index (χ0n) is 4.51. The van der Waals surface area contributed by atoms with E-state index in [1.54, 1.807) is 12.2 Å². The van der Waals surface area contributed by atoms with Crippen LogP contribution in [0.25, 0.3) is 0 Å². The van der Waals surface area contributed by atoms with E-state index in [1.165, 1.54) is 12.4 Å². The van der Waals surface area contributed by atoms with Crippen molar-refractivity contribution in [2.75, 3.05) is 0 Å². The predicted octanol–water partition coefficient (Wildman–Crippen LogP) is 2.27. The van der Waals surface area contributed by atoms with Crippen molar-refractivity contribution < 1.29 is 0 Å². The SMILES string of the molecule is C1=C\N=N/N=N\C=C/1.Cl. The van der Waals surface area contributed by atoms with E-state index < -0.39 is 0 Å². The van der Waals surface area contributed by atoms with Gasteiger partial charge < -0.3 is 0 Å². The van der Waals surface area contributed by atoms with Gasteiger partial charge in [-0.05, 0) is 22.6 Å². The van der Waals surface area contributed by atoms with E-state index in [0.29, 0.717) is 0 Å². The second kappa shape index (κ2) is 5.11. The van der Waals surface area contributed by atoms with E-state index in [1.807, 2.05) is 0 Å². The summed E-state index contributed by atoms with van der Waals surface area (Å²) < 4.78 is 0. The van der Waals surface area contributed by atoms with Gasteiger partial charge in [0.15, 0.2) is 0 Å². The minimum Gasteiger partial charge on any atom is -0.147 e. The Hall–Kier alpha value is -1.03. The molecule has 0 aromatic heterocycles. The van der Waals surface area contributed by atoms with Crippen LogP contribution in [0.1, 0.15) is 0 Å². The van der Waals surface area contributed by atoms with E-state index in [-0.39, 0.29) is 12.4 Å². The van der Waals surface area contributed by atoms with Crippen molar-refractivity contribution in [3.05, 3.63) is 24.6 Å². The lowest BCUT2D eigenvalue weighted by Gasteiger charge is -1.75. The lowest BCUT2D eigenvalue weighted by atomic mass is 10.6. The first-order chi connectivity index (χ1) is 4.00. The average Bonchev–Trinajstić information content (AvgIpc) is 1.62. The number of halogens is 1. The van der Waals surface area contributed by atoms with Gasteiger partial charge >= 0.3 is 0 Å². The van der Waals surface area contributed by atoms with Crippen LogP contribution in [0.4, 0.5) is 0 Å². The fourth-order valence-electron chi connectivity index (χ4n) is 0.282. The molecule has 1 heterocycles. The van der Waals surface area contributed by atoms with Crippen LogP contribution in [0.3, 0.4) is 0 Å². The Kier molecular flexibility index (Phi) is 4.53. The van der Waals surface area contributed by atoms with E-state index >= 15 is 0 Å². The Morgan fingerprint density at radius 2 is 1.22 bits per heavy atom. The number of nitrogens with zero attached hydrogens (tertiary/aromatic N) is 4. The highest BCUT2D eigenvalue weighted by atomic mass is 35.5. The van der Waals surface area contributed by atoms with Crippen molar-refractivity contribution in [3.63, 3.8) is 0 Å². The molecule has 0 bridgehead atoms. The van der Waals surface area contributed by atoms with Crippen LogP contribution in [0.5, 0.6) is 0 Å². The molecule has 0 aliphatic carbocycles. The summed E-state index contributed by atoms with van der Waals surface area (Å²) in [4.78, 5) is 0. The van der Waals surface area contributed by atoms with Crippen LogP contribution in [0.2, 0.25) is 0 Å². The van der Waals surface area contributed by atoms with Crippen LogP contribution in [0, 0.1) is 0 Å². The highest BCUT2D eigenvalue weighted by molar-refractivity contribution is 5.85. The highest BCUT2D eigenvalue weighted by Gasteiger charge is 1.68. The molecule has 0 unspecified atom stereocenters. The summed E-state index contributed by atoms with van der Waals surface area (Å²) in [6.07, 6.45) is 6.52. The number of rotatable bonds is 0. The molecule has 1 aliphatic rings. The summed E-state index contributed by atoms with van der Waals surface area (Å²) in [7, 11) is 0. The van der Waals surface area contributed by atoms with E-state index in [2.05, 4.69) is 20.7 Å². The Labute approximate surface area is 58.5 Å². The molecule has 1 rings (SSSR count). The van der Waals surface area contributed by atoms with Gasteiger partial charge in [-0.25, -0.2) is 0 Å². The van der Waals surface area contributed by atoms with Gasteiger partial charge in [-0.1, -0.05) is 0 Å². The van der Waals surface area contributed by atoms with Gasteiger partial charge in [-0.3, -0.25) is 0 Å². The molecular formula is C4H5ClN4. The smallest absolute Gasteiger partial charge is 0.0515 e. The van der Waals surface area contributed by atoms with Gasteiger partial charge in [-0.15, -0.1) is 22.6 Å². The second-order valence-electron chi connectivity index (χ2n) is 1.09. The Morgan fingerprint density at radius 3 is 1.67 bits per heavy atom. The van der Waals surface area contributed by atoms with Crippen LogP contribution in [-0.2, 0) is 0 Å². The van der Waals surface area contributed by atoms with Gasteiger partial charge in [-0.2, -0.15) is 0 Å². The van der Waals surface area contributed by atoms with Gasteiger partial charge in [0.05, 0.1) is 12.4 Å². The Bertz CT molecular complexity index is 113. The minimum absolute atomic E-state index is 0. The van der Waals surface area contributed by atoms with Crippen molar-refractivity contribution in [1.82, 2.24) is 0 Å². The van der Waals surface area contributed by atoms with Crippen LogP contribution >= 0.6 is 12.4 Å². The standard InChI is InChI=1S/C4H4N4.ClH/c1-2-4-6-8-7-5-3-1;/h1-4H;1H/b2-1?,3-1-,4-2-,5-3?,6-4?,7-5-,8-6-,8-7?;. The van der Waals surface area contributed by atoms with Crippen LogP contribution in [-0.4, -0.2) is 0 Å². The number of hydrogen-bond acceptors (Lipinski definition) is 4. The first-order valence-corrected chi connectivity index (χ1v) is 2.12. The Morgan fingerprint density at radius 1 is 0.778 bits per heavy atom. The first kappa shape index (κ1) is 7.97. The van der Waals surface area contributed by atoms with Gasteiger partial charge in [0.1, 0.15) is 0 Å². The van der Waals surface area contributed by atoms with Crippen LogP contribution in [0.15, 0.2) is 45.2 Å². The van der Waals surface area contributed by atoms with E-state index in [9.17, 15) is 0 Å². The fraction of sp³-hybridized carbons (Fsp3) is 0. The van der Waals surface area contributed by atoms with Crippen molar-refractivity contribution in [2.24, 2.45) is 20.7 Å². The summed E-state index contributed by atoms with van der Waals surface area (Å²) in [6.45, 7) is 0. The Balaban J connectivity index is 0.000000640. The largest absolute Gasteiger partial charge is 0.147 e. The average molecular weight is 145 g/mol. The summed E-state index contributed by atoms with van der Waals surface area (Å²) >= 11 is 0. The van der Waals surface area contributed by atoms with Crippen molar-refractivity contribution >= 4 is 12.4 Å². The maximum absolute atomic E-state index is 3.46. The molecule has 4 nitrogen and oxygen atoms in total. The van der Waals surface area contributed by atoms with Crippen molar-refractivity contribution in [3.8, 4) is 0 Å². The lowest BCUT2D eigenvalue weighted by molar-refractivity contribution is 0.947. The third-order valence-corrected chi connectivity index (χ3v) is 0.560. The molecule has 9 heavy (non-hydrogen) atoms. The summed E-state index contributed by atoms with van der Waals surface area (Å²) in [5.74, 6) is 0.